The van der Waals surface area contributed by atoms with Crippen LogP contribution in [0.25, 0.3) is 0 Å². The van der Waals surface area contributed by atoms with E-state index in [-0.39, 0.29) is 13.2 Å². The number of piperidine rings is 1. The zero-order valence-electron chi connectivity index (χ0n) is 12.4. The third-order valence-electron chi connectivity index (χ3n) is 3.37. The van der Waals surface area contributed by atoms with Crippen LogP contribution < -0.4 is 15.5 Å². The van der Waals surface area contributed by atoms with Crippen molar-refractivity contribution in [3.63, 3.8) is 0 Å². The van der Waals surface area contributed by atoms with Gasteiger partial charge in [0.1, 0.15) is 0 Å². The van der Waals surface area contributed by atoms with E-state index < -0.39 is 6.04 Å². The van der Waals surface area contributed by atoms with Crippen molar-refractivity contribution in [2.24, 2.45) is 0 Å². The van der Waals surface area contributed by atoms with Gasteiger partial charge in [0.05, 0.1) is 19.3 Å². The van der Waals surface area contributed by atoms with Gasteiger partial charge >= 0.3 is 0 Å². The van der Waals surface area contributed by atoms with Crippen LogP contribution in [0.2, 0.25) is 0 Å². The molecule has 1 aromatic rings. The molecule has 0 bridgehead atoms. The molecular formula is C13H24N6O2. The van der Waals surface area contributed by atoms with Gasteiger partial charge in [-0.3, -0.25) is 0 Å². The largest absolute Gasteiger partial charge is 0.394 e. The number of hydrogen-bond acceptors (Lipinski definition) is 8. The molecule has 0 amide bonds. The molecule has 1 fully saturated rings. The van der Waals surface area contributed by atoms with Gasteiger partial charge in [0.25, 0.3) is 0 Å². The van der Waals surface area contributed by atoms with E-state index in [1.807, 2.05) is 6.92 Å². The third-order valence-corrected chi connectivity index (χ3v) is 3.37. The van der Waals surface area contributed by atoms with Crippen LogP contribution in [0.3, 0.4) is 0 Å². The maximum absolute atomic E-state index is 9.16. The summed E-state index contributed by atoms with van der Waals surface area (Å²) in [6.45, 7) is 4.21. The average molecular weight is 296 g/mol. The number of aromatic nitrogens is 3. The highest BCUT2D eigenvalue weighted by atomic mass is 16.3. The minimum absolute atomic E-state index is 0.183. The Balaban J connectivity index is 2.20. The van der Waals surface area contributed by atoms with Crippen molar-refractivity contribution in [3.8, 4) is 0 Å². The molecule has 0 radical (unpaired) electrons. The van der Waals surface area contributed by atoms with Crippen LogP contribution in [0.1, 0.15) is 26.2 Å². The van der Waals surface area contributed by atoms with Gasteiger partial charge in [0.2, 0.25) is 17.8 Å². The van der Waals surface area contributed by atoms with Crippen molar-refractivity contribution in [2.75, 3.05) is 48.4 Å². The topological polar surface area (TPSA) is 106 Å². The highest BCUT2D eigenvalue weighted by Gasteiger charge is 2.17. The van der Waals surface area contributed by atoms with Crippen LogP contribution in [0.5, 0.6) is 0 Å². The Labute approximate surface area is 124 Å². The lowest BCUT2D eigenvalue weighted by atomic mass is 10.1. The number of hydrogen-bond donors (Lipinski definition) is 4. The molecule has 1 aliphatic rings. The first kappa shape index (κ1) is 15.7. The van der Waals surface area contributed by atoms with Crippen LogP contribution >= 0.6 is 0 Å². The van der Waals surface area contributed by atoms with Gasteiger partial charge in [-0.15, -0.1) is 0 Å². The summed E-state index contributed by atoms with van der Waals surface area (Å²) in [5.41, 5.74) is 0. The van der Waals surface area contributed by atoms with Crippen molar-refractivity contribution in [3.05, 3.63) is 0 Å². The maximum atomic E-state index is 9.16. The quantitative estimate of drug-likeness (QED) is 0.559. The maximum Gasteiger partial charge on any atom is 0.231 e. The van der Waals surface area contributed by atoms with E-state index in [0.717, 1.165) is 25.9 Å². The highest BCUT2D eigenvalue weighted by Crippen LogP contribution is 2.18. The SMILES string of the molecule is CCNc1nc(NC(CO)CO)nc(N2CCCCC2)n1. The molecule has 8 nitrogen and oxygen atoms in total. The van der Waals surface area contributed by atoms with Gasteiger partial charge in [-0.25, -0.2) is 0 Å². The first-order chi connectivity index (χ1) is 10.3. The Bertz CT molecular complexity index is 435. The second-order valence-corrected chi connectivity index (χ2v) is 5.07. The summed E-state index contributed by atoms with van der Waals surface area (Å²) >= 11 is 0. The van der Waals surface area contributed by atoms with Crippen molar-refractivity contribution < 1.29 is 10.2 Å². The number of aliphatic hydroxyl groups excluding tert-OH is 2. The van der Waals surface area contributed by atoms with Gasteiger partial charge in [-0.2, -0.15) is 15.0 Å². The third kappa shape index (κ3) is 4.40. The Morgan fingerprint density at radius 2 is 1.71 bits per heavy atom. The average Bonchev–Trinajstić information content (AvgIpc) is 2.53. The summed E-state index contributed by atoms with van der Waals surface area (Å²) in [6, 6.07) is -0.476. The summed E-state index contributed by atoms with van der Waals surface area (Å²) in [5, 5.41) is 24.3. The van der Waals surface area contributed by atoms with Gasteiger partial charge in [0, 0.05) is 19.6 Å². The zero-order chi connectivity index (χ0) is 15.1. The number of rotatable bonds is 7. The molecule has 0 unspecified atom stereocenters. The lowest BCUT2D eigenvalue weighted by Crippen LogP contribution is -2.33. The summed E-state index contributed by atoms with van der Waals surface area (Å²) in [6.07, 6.45) is 3.52. The van der Waals surface area contributed by atoms with E-state index in [1.165, 1.54) is 6.42 Å². The zero-order valence-corrected chi connectivity index (χ0v) is 12.4. The molecule has 0 aromatic carbocycles. The first-order valence-corrected chi connectivity index (χ1v) is 7.50. The van der Waals surface area contributed by atoms with Gasteiger partial charge in [-0.05, 0) is 26.2 Å². The molecule has 4 N–H and O–H groups in total. The molecule has 2 heterocycles. The Morgan fingerprint density at radius 1 is 1.05 bits per heavy atom. The number of aliphatic hydroxyl groups is 2. The van der Waals surface area contributed by atoms with E-state index in [0.29, 0.717) is 24.4 Å². The molecule has 0 atom stereocenters. The molecule has 1 saturated heterocycles. The van der Waals surface area contributed by atoms with Crippen LogP contribution in [0.4, 0.5) is 17.8 Å². The fraction of sp³-hybridized carbons (Fsp3) is 0.769. The summed E-state index contributed by atoms with van der Waals surface area (Å²) < 4.78 is 0. The predicted octanol–water partition coefficient (Wildman–Crippen LogP) is 0.0588. The van der Waals surface area contributed by atoms with Crippen LogP contribution in [0, 0.1) is 0 Å². The molecule has 8 heteroatoms. The lowest BCUT2D eigenvalue weighted by molar-refractivity contribution is 0.203. The normalized spacial score (nSPS) is 15.3. The molecule has 0 saturated carbocycles. The highest BCUT2D eigenvalue weighted by molar-refractivity contribution is 5.44. The van der Waals surface area contributed by atoms with Crippen molar-refractivity contribution in [1.82, 2.24) is 15.0 Å². The summed E-state index contributed by atoms with van der Waals surface area (Å²) in [5.74, 6) is 1.51. The number of anilines is 3. The Kier molecular flexibility index (Phi) is 5.94. The molecule has 118 valence electrons. The van der Waals surface area contributed by atoms with E-state index in [4.69, 9.17) is 10.2 Å². The molecular weight excluding hydrogens is 272 g/mol. The fourth-order valence-corrected chi connectivity index (χ4v) is 2.23. The molecule has 0 aliphatic carbocycles. The minimum atomic E-state index is -0.476. The smallest absolute Gasteiger partial charge is 0.231 e. The van der Waals surface area contributed by atoms with E-state index >= 15 is 0 Å². The van der Waals surface area contributed by atoms with Crippen molar-refractivity contribution in [1.29, 1.82) is 0 Å². The standard InChI is InChI=1S/C13H24N6O2/c1-2-14-11-16-12(15-10(8-20)9-21)18-13(17-11)19-6-4-3-5-7-19/h10,20-21H,2-9H2,1H3,(H2,14,15,16,17,18). The van der Waals surface area contributed by atoms with Crippen LogP contribution in [-0.4, -0.2) is 64.1 Å². The van der Waals surface area contributed by atoms with Crippen LogP contribution in [-0.2, 0) is 0 Å². The monoisotopic (exact) mass is 296 g/mol. The minimum Gasteiger partial charge on any atom is -0.394 e. The van der Waals surface area contributed by atoms with E-state index in [9.17, 15) is 0 Å². The van der Waals surface area contributed by atoms with Gasteiger partial charge < -0.3 is 25.7 Å². The van der Waals surface area contributed by atoms with Crippen molar-refractivity contribution in [2.45, 2.75) is 32.2 Å². The molecule has 21 heavy (non-hydrogen) atoms. The Morgan fingerprint density at radius 3 is 2.33 bits per heavy atom. The predicted molar refractivity (Wildman–Crippen MR) is 81.6 cm³/mol. The number of nitrogens with zero attached hydrogens (tertiary/aromatic N) is 4. The summed E-state index contributed by atoms with van der Waals surface area (Å²) in [4.78, 5) is 15.2. The molecule has 1 aliphatic heterocycles. The molecule has 0 spiro atoms. The van der Waals surface area contributed by atoms with Gasteiger partial charge in [-0.1, -0.05) is 0 Å². The molecule has 1 aromatic heterocycles. The second kappa shape index (κ2) is 7.94. The van der Waals surface area contributed by atoms with Crippen LogP contribution in [0.15, 0.2) is 0 Å². The number of nitrogens with one attached hydrogen (secondary N) is 2. The Hall–Kier alpha value is -1.67. The van der Waals surface area contributed by atoms with Gasteiger partial charge in [0.15, 0.2) is 0 Å². The molecule has 2 rings (SSSR count). The lowest BCUT2D eigenvalue weighted by Gasteiger charge is -2.27. The van der Waals surface area contributed by atoms with E-state index in [2.05, 4.69) is 30.5 Å². The summed E-state index contributed by atoms with van der Waals surface area (Å²) in [7, 11) is 0. The fourth-order valence-electron chi connectivity index (χ4n) is 2.23. The second-order valence-electron chi connectivity index (χ2n) is 5.07. The van der Waals surface area contributed by atoms with Crippen molar-refractivity contribution >= 4 is 17.8 Å². The first-order valence-electron chi connectivity index (χ1n) is 7.50. The van der Waals surface area contributed by atoms with E-state index in [1.54, 1.807) is 0 Å².